The first-order chi connectivity index (χ1) is 13.0. The first kappa shape index (κ1) is 18.8. The second-order valence-corrected chi connectivity index (χ2v) is 9.69. The van der Waals surface area contributed by atoms with Gasteiger partial charge >= 0.3 is 0 Å². The van der Waals surface area contributed by atoms with E-state index >= 15 is 0 Å². The molecular weight excluding hydrogens is 336 g/mol. The van der Waals surface area contributed by atoms with Crippen LogP contribution in [0.3, 0.4) is 0 Å². The number of hydrogen-bond donors (Lipinski definition) is 1. The predicted octanol–water partition coefficient (Wildman–Crippen LogP) is 4.29. The number of pyridine rings is 1. The number of aromatic nitrogens is 1. The minimum absolute atomic E-state index is 0.151. The third kappa shape index (κ3) is 3.86. The lowest BCUT2D eigenvalue weighted by atomic mass is 9.49. The van der Waals surface area contributed by atoms with E-state index in [1.807, 2.05) is 6.92 Å². The van der Waals surface area contributed by atoms with Gasteiger partial charge in [-0.3, -0.25) is 9.59 Å². The van der Waals surface area contributed by atoms with Crippen LogP contribution in [0.1, 0.15) is 80.8 Å². The Bertz CT molecular complexity index is 729. The third-order valence-corrected chi connectivity index (χ3v) is 7.38. The summed E-state index contributed by atoms with van der Waals surface area (Å²) in [6, 6.07) is 1.62. The maximum atomic E-state index is 12.8. The highest BCUT2D eigenvalue weighted by Gasteiger charge is 2.50. The average Bonchev–Trinajstić information content (AvgIpc) is 2.60. The summed E-state index contributed by atoms with van der Waals surface area (Å²) in [5, 5.41) is 3.16. The van der Waals surface area contributed by atoms with Crippen LogP contribution in [0.4, 0.5) is 0 Å². The fourth-order valence-electron chi connectivity index (χ4n) is 6.48. The molecule has 0 atom stereocenters. The van der Waals surface area contributed by atoms with Crippen molar-refractivity contribution in [3.63, 3.8) is 0 Å². The van der Waals surface area contributed by atoms with E-state index in [1.54, 1.807) is 12.3 Å². The largest absolute Gasteiger partial charge is 0.351 e. The van der Waals surface area contributed by atoms with Crippen molar-refractivity contribution >= 4 is 5.91 Å². The summed E-state index contributed by atoms with van der Waals surface area (Å²) in [5.41, 5.74) is 1.40. The Hall–Kier alpha value is -1.58. The molecule has 1 amide bonds. The number of amides is 1. The van der Waals surface area contributed by atoms with E-state index in [1.165, 1.54) is 44.9 Å². The van der Waals surface area contributed by atoms with E-state index in [0.717, 1.165) is 49.4 Å². The normalized spacial score (nSPS) is 31.3. The Morgan fingerprint density at radius 3 is 2.37 bits per heavy atom. The van der Waals surface area contributed by atoms with Crippen molar-refractivity contribution in [1.29, 1.82) is 0 Å². The summed E-state index contributed by atoms with van der Waals surface area (Å²) >= 11 is 0. The van der Waals surface area contributed by atoms with Crippen LogP contribution in [0.15, 0.2) is 17.1 Å². The molecule has 0 spiro atoms. The Morgan fingerprint density at radius 1 is 1.15 bits per heavy atom. The fourth-order valence-corrected chi connectivity index (χ4v) is 6.48. The number of aryl methyl sites for hydroxylation is 2. The highest BCUT2D eigenvalue weighted by molar-refractivity contribution is 5.93. The number of rotatable bonds is 7. The van der Waals surface area contributed by atoms with Gasteiger partial charge in [0.05, 0.1) is 0 Å². The molecule has 4 heteroatoms. The van der Waals surface area contributed by atoms with Gasteiger partial charge in [-0.05, 0) is 75.0 Å². The van der Waals surface area contributed by atoms with Crippen LogP contribution >= 0.6 is 0 Å². The van der Waals surface area contributed by atoms with E-state index in [2.05, 4.69) is 16.8 Å². The first-order valence-corrected chi connectivity index (χ1v) is 11.0. The highest BCUT2D eigenvalue weighted by Crippen LogP contribution is 2.59. The number of hydrogen-bond acceptors (Lipinski definition) is 2. The molecule has 1 aromatic heterocycles. The van der Waals surface area contributed by atoms with Gasteiger partial charge in [0, 0.05) is 31.0 Å². The molecule has 1 N–H and O–H groups in total. The van der Waals surface area contributed by atoms with Crippen LogP contribution in [-0.2, 0) is 6.54 Å². The second-order valence-electron chi connectivity index (χ2n) is 9.69. The van der Waals surface area contributed by atoms with Gasteiger partial charge in [0.15, 0.2) is 5.43 Å². The topological polar surface area (TPSA) is 51.1 Å². The first-order valence-electron chi connectivity index (χ1n) is 11.0. The third-order valence-electron chi connectivity index (χ3n) is 7.38. The lowest BCUT2D eigenvalue weighted by Crippen LogP contribution is -2.51. The summed E-state index contributed by atoms with van der Waals surface area (Å²) in [6.45, 7) is 5.75. The van der Waals surface area contributed by atoms with Crippen LogP contribution < -0.4 is 10.7 Å². The predicted molar refractivity (Wildman–Crippen MR) is 108 cm³/mol. The number of unbranched alkanes of at least 4 members (excludes halogenated alkanes) is 2. The Balaban J connectivity index is 1.44. The zero-order valence-corrected chi connectivity index (χ0v) is 16.9. The van der Waals surface area contributed by atoms with Crippen molar-refractivity contribution in [3.8, 4) is 0 Å². The van der Waals surface area contributed by atoms with E-state index < -0.39 is 0 Å². The minimum Gasteiger partial charge on any atom is -0.351 e. The highest BCUT2D eigenvalue weighted by atomic mass is 16.2. The molecule has 148 valence electrons. The van der Waals surface area contributed by atoms with Crippen LogP contribution in [-0.4, -0.2) is 17.0 Å². The standard InChI is InChI=1S/C23H34N2O2/c1-3-4-5-6-25-14-20(21(26)7-16(25)2)22(27)24-15-23-11-17-8-18(12-23)10-19(9-17)13-23/h7,14,17-19H,3-6,8-13,15H2,1-2H3,(H,24,27). The molecule has 4 saturated carbocycles. The van der Waals surface area contributed by atoms with Crippen molar-refractivity contribution in [2.45, 2.75) is 78.2 Å². The quantitative estimate of drug-likeness (QED) is 0.728. The van der Waals surface area contributed by atoms with Gasteiger partial charge in [0.1, 0.15) is 5.56 Å². The molecular formula is C23H34N2O2. The molecule has 5 rings (SSSR count). The van der Waals surface area contributed by atoms with Gasteiger partial charge in [-0.2, -0.15) is 0 Å². The van der Waals surface area contributed by atoms with Crippen molar-refractivity contribution in [2.75, 3.05) is 6.54 Å². The van der Waals surface area contributed by atoms with Crippen molar-refractivity contribution in [1.82, 2.24) is 9.88 Å². The molecule has 1 aromatic rings. The molecule has 4 aliphatic rings. The van der Waals surface area contributed by atoms with Crippen LogP contribution in [0.25, 0.3) is 0 Å². The van der Waals surface area contributed by atoms with Crippen molar-refractivity contribution < 1.29 is 4.79 Å². The van der Waals surface area contributed by atoms with Crippen LogP contribution in [0.2, 0.25) is 0 Å². The zero-order valence-electron chi connectivity index (χ0n) is 16.9. The van der Waals surface area contributed by atoms with E-state index in [0.29, 0.717) is 11.0 Å². The second kappa shape index (κ2) is 7.44. The van der Waals surface area contributed by atoms with E-state index in [4.69, 9.17) is 0 Å². The zero-order chi connectivity index (χ0) is 19.0. The summed E-state index contributed by atoms with van der Waals surface area (Å²) in [7, 11) is 0. The monoisotopic (exact) mass is 370 g/mol. The summed E-state index contributed by atoms with van der Waals surface area (Å²) in [4.78, 5) is 25.2. The molecule has 0 unspecified atom stereocenters. The molecule has 4 fully saturated rings. The molecule has 0 saturated heterocycles. The SMILES string of the molecule is CCCCCn1cc(C(=O)NCC23CC4CC(CC(C4)C2)C3)c(=O)cc1C. The molecule has 0 aromatic carbocycles. The van der Waals surface area contributed by atoms with Gasteiger partial charge in [0.25, 0.3) is 5.91 Å². The van der Waals surface area contributed by atoms with Gasteiger partial charge in [-0.15, -0.1) is 0 Å². The van der Waals surface area contributed by atoms with Gasteiger partial charge in [-0.1, -0.05) is 19.8 Å². The number of carbonyl (C=O) groups is 1. The smallest absolute Gasteiger partial charge is 0.256 e. The van der Waals surface area contributed by atoms with E-state index in [-0.39, 0.29) is 11.3 Å². The van der Waals surface area contributed by atoms with E-state index in [9.17, 15) is 9.59 Å². The van der Waals surface area contributed by atoms with Gasteiger partial charge in [0.2, 0.25) is 0 Å². The summed E-state index contributed by atoms with van der Waals surface area (Å²) in [5.74, 6) is 2.45. The van der Waals surface area contributed by atoms with Gasteiger partial charge < -0.3 is 9.88 Å². The number of nitrogens with one attached hydrogen (secondary N) is 1. The molecule has 0 aliphatic heterocycles. The lowest BCUT2D eigenvalue weighted by molar-refractivity contribution is -0.0503. The minimum atomic E-state index is -0.181. The Morgan fingerprint density at radius 2 is 1.78 bits per heavy atom. The van der Waals surface area contributed by atoms with Gasteiger partial charge in [-0.25, -0.2) is 0 Å². The maximum absolute atomic E-state index is 12.8. The molecule has 4 nitrogen and oxygen atoms in total. The Kier molecular flexibility index (Phi) is 5.17. The Labute approximate surface area is 162 Å². The molecule has 4 bridgehead atoms. The van der Waals surface area contributed by atoms with Crippen molar-refractivity contribution in [3.05, 3.63) is 33.7 Å². The van der Waals surface area contributed by atoms with Crippen molar-refractivity contribution in [2.24, 2.45) is 23.2 Å². The summed E-state index contributed by atoms with van der Waals surface area (Å²) in [6.07, 6.45) is 13.2. The lowest BCUT2D eigenvalue weighted by Gasteiger charge is -2.56. The number of nitrogens with zero attached hydrogens (tertiary/aromatic N) is 1. The molecule has 0 radical (unpaired) electrons. The molecule has 1 heterocycles. The van der Waals surface area contributed by atoms with Crippen LogP contribution in [0.5, 0.6) is 0 Å². The van der Waals surface area contributed by atoms with Crippen LogP contribution in [0, 0.1) is 30.1 Å². The average molecular weight is 371 g/mol. The fraction of sp³-hybridized carbons (Fsp3) is 0.739. The summed E-state index contributed by atoms with van der Waals surface area (Å²) < 4.78 is 2.07. The maximum Gasteiger partial charge on any atom is 0.256 e. The molecule has 27 heavy (non-hydrogen) atoms. The number of carbonyl (C=O) groups excluding carboxylic acids is 1. The molecule has 4 aliphatic carbocycles.